The Hall–Kier alpha value is -0.500. The van der Waals surface area contributed by atoms with Crippen LogP contribution in [-0.2, 0) is 9.47 Å². The van der Waals surface area contributed by atoms with E-state index in [0.29, 0.717) is 11.8 Å². The average molecular weight is 369 g/mol. The van der Waals surface area contributed by atoms with Crippen molar-refractivity contribution in [2.24, 2.45) is 11.8 Å². The lowest BCUT2D eigenvalue weighted by atomic mass is 9.92. The van der Waals surface area contributed by atoms with Crippen molar-refractivity contribution in [3.8, 4) is 0 Å². The van der Waals surface area contributed by atoms with E-state index in [9.17, 15) is 0 Å². The molecule has 3 atom stereocenters. The van der Waals surface area contributed by atoms with E-state index in [2.05, 4.69) is 41.2 Å². The van der Waals surface area contributed by atoms with E-state index in [-0.39, 0.29) is 6.10 Å². The Kier molecular flexibility index (Phi) is 17.5. The number of hydrogen-bond acceptors (Lipinski definition) is 2. The first-order valence-electron chi connectivity index (χ1n) is 11.6. The maximum absolute atomic E-state index is 6.46. The van der Waals surface area contributed by atoms with Crippen molar-refractivity contribution in [3.05, 3.63) is 12.3 Å². The minimum absolute atomic E-state index is 0.0633. The average Bonchev–Trinajstić information content (AvgIpc) is 2.66. The molecule has 0 bridgehead atoms. The molecule has 0 aliphatic rings. The van der Waals surface area contributed by atoms with E-state index in [1.54, 1.807) is 0 Å². The molecule has 3 unspecified atom stereocenters. The zero-order chi connectivity index (χ0) is 19.6. The maximum Gasteiger partial charge on any atom is 0.118 e. The topological polar surface area (TPSA) is 18.5 Å². The van der Waals surface area contributed by atoms with E-state index in [1.807, 2.05) is 0 Å². The summed E-state index contributed by atoms with van der Waals surface area (Å²) in [5.41, 5.74) is 0. The van der Waals surface area contributed by atoms with Crippen LogP contribution in [0, 0.1) is 11.8 Å². The molecule has 0 aromatic rings. The Morgan fingerprint density at radius 1 is 0.769 bits per heavy atom. The SMILES string of the molecule is C=C(OCCCCCC)C(OCC(CC)CCCC)C(CC)CCCC. The largest absolute Gasteiger partial charge is 0.496 e. The van der Waals surface area contributed by atoms with Gasteiger partial charge in [-0.1, -0.05) is 99.0 Å². The number of rotatable bonds is 19. The van der Waals surface area contributed by atoms with Crippen LogP contribution in [0.3, 0.4) is 0 Å². The molecule has 0 saturated carbocycles. The molecule has 0 N–H and O–H groups in total. The van der Waals surface area contributed by atoms with Crippen molar-refractivity contribution in [1.29, 1.82) is 0 Å². The summed E-state index contributed by atoms with van der Waals surface area (Å²) >= 11 is 0. The normalized spacial score (nSPS) is 14.8. The van der Waals surface area contributed by atoms with E-state index >= 15 is 0 Å². The number of unbranched alkanes of at least 4 members (excludes halogenated alkanes) is 5. The van der Waals surface area contributed by atoms with Gasteiger partial charge in [0.1, 0.15) is 11.9 Å². The molecule has 0 radical (unpaired) electrons. The molecular weight excluding hydrogens is 320 g/mol. The Bertz CT molecular complexity index is 313. The third kappa shape index (κ3) is 12.0. The molecule has 156 valence electrons. The van der Waals surface area contributed by atoms with Crippen LogP contribution in [0.15, 0.2) is 12.3 Å². The van der Waals surface area contributed by atoms with Crippen LogP contribution < -0.4 is 0 Å². The Labute approximate surface area is 165 Å². The smallest absolute Gasteiger partial charge is 0.118 e. The van der Waals surface area contributed by atoms with Crippen molar-refractivity contribution in [2.75, 3.05) is 13.2 Å². The van der Waals surface area contributed by atoms with Gasteiger partial charge in [-0.05, 0) is 31.1 Å². The first kappa shape index (κ1) is 25.5. The third-order valence-corrected chi connectivity index (χ3v) is 5.54. The van der Waals surface area contributed by atoms with Gasteiger partial charge in [0.15, 0.2) is 0 Å². The van der Waals surface area contributed by atoms with Gasteiger partial charge in [-0.3, -0.25) is 0 Å². The summed E-state index contributed by atoms with van der Waals surface area (Å²) in [4.78, 5) is 0. The zero-order valence-corrected chi connectivity index (χ0v) is 18.7. The van der Waals surface area contributed by atoms with Crippen LogP contribution in [0.5, 0.6) is 0 Å². The van der Waals surface area contributed by atoms with Gasteiger partial charge < -0.3 is 9.47 Å². The summed E-state index contributed by atoms with van der Waals surface area (Å²) in [6, 6.07) is 0. The Morgan fingerprint density at radius 2 is 1.42 bits per heavy atom. The molecule has 2 heteroatoms. The van der Waals surface area contributed by atoms with Crippen LogP contribution in [-0.4, -0.2) is 19.3 Å². The summed E-state index contributed by atoms with van der Waals surface area (Å²) in [5, 5.41) is 0. The molecule has 0 rings (SSSR count). The number of ether oxygens (including phenoxy) is 2. The van der Waals surface area contributed by atoms with E-state index in [0.717, 1.165) is 31.8 Å². The molecule has 0 aromatic carbocycles. The van der Waals surface area contributed by atoms with E-state index < -0.39 is 0 Å². The highest BCUT2D eigenvalue weighted by Crippen LogP contribution is 2.27. The molecule has 0 aromatic heterocycles. The van der Waals surface area contributed by atoms with Gasteiger partial charge in [0.05, 0.1) is 13.2 Å². The first-order chi connectivity index (χ1) is 12.6. The highest BCUT2D eigenvalue weighted by atomic mass is 16.5. The fourth-order valence-electron chi connectivity index (χ4n) is 3.48. The van der Waals surface area contributed by atoms with Gasteiger partial charge in [0.2, 0.25) is 0 Å². The standard InChI is InChI=1S/C24H48O2/c1-7-12-15-16-19-25-21(6)24(23(11-5)18-14-9-3)26-20-22(10-4)17-13-8-2/h22-24H,6-20H2,1-5H3. The monoisotopic (exact) mass is 368 g/mol. The fraction of sp³-hybridized carbons (Fsp3) is 0.917. The third-order valence-electron chi connectivity index (χ3n) is 5.54. The second kappa shape index (κ2) is 17.9. The summed E-state index contributed by atoms with van der Waals surface area (Å²) in [6.45, 7) is 17.2. The lowest BCUT2D eigenvalue weighted by molar-refractivity contribution is -0.0250. The van der Waals surface area contributed by atoms with Crippen molar-refractivity contribution in [3.63, 3.8) is 0 Å². The van der Waals surface area contributed by atoms with E-state index in [1.165, 1.54) is 64.2 Å². The van der Waals surface area contributed by atoms with Gasteiger partial charge >= 0.3 is 0 Å². The summed E-state index contributed by atoms with van der Waals surface area (Å²) in [5.74, 6) is 2.06. The van der Waals surface area contributed by atoms with Crippen LogP contribution in [0.25, 0.3) is 0 Å². The quantitative estimate of drug-likeness (QED) is 0.170. The Morgan fingerprint density at radius 3 is 2.00 bits per heavy atom. The fourth-order valence-corrected chi connectivity index (χ4v) is 3.48. The predicted molar refractivity (Wildman–Crippen MR) is 116 cm³/mol. The molecule has 0 saturated heterocycles. The van der Waals surface area contributed by atoms with Crippen molar-refractivity contribution in [1.82, 2.24) is 0 Å². The first-order valence-corrected chi connectivity index (χ1v) is 11.6. The highest BCUT2D eigenvalue weighted by Gasteiger charge is 2.25. The molecule has 2 nitrogen and oxygen atoms in total. The molecule has 0 amide bonds. The van der Waals surface area contributed by atoms with Gasteiger partial charge in [0, 0.05) is 0 Å². The highest BCUT2D eigenvalue weighted by molar-refractivity contribution is 4.96. The molecular formula is C24H48O2. The van der Waals surface area contributed by atoms with Gasteiger partial charge in [-0.25, -0.2) is 0 Å². The molecule has 0 heterocycles. The second-order valence-corrected chi connectivity index (χ2v) is 7.86. The minimum Gasteiger partial charge on any atom is -0.496 e. The summed E-state index contributed by atoms with van der Waals surface area (Å²) in [6.07, 6.45) is 14.9. The summed E-state index contributed by atoms with van der Waals surface area (Å²) in [7, 11) is 0. The van der Waals surface area contributed by atoms with Crippen LogP contribution in [0.4, 0.5) is 0 Å². The predicted octanol–water partition coefficient (Wildman–Crippen LogP) is 7.92. The molecule has 0 fully saturated rings. The van der Waals surface area contributed by atoms with Crippen LogP contribution in [0.2, 0.25) is 0 Å². The lowest BCUT2D eigenvalue weighted by Gasteiger charge is -2.30. The zero-order valence-electron chi connectivity index (χ0n) is 18.7. The van der Waals surface area contributed by atoms with Gasteiger partial charge in [-0.15, -0.1) is 0 Å². The van der Waals surface area contributed by atoms with Crippen LogP contribution >= 0.6 is 0 Å². The lowest BCUT2D eigenvalue weighted by Crippen LogP contribution is -2.29. The van der Waals surface area contributed by atoms with Crippen molar-refractivity contribution >= 4 is 0 Å². The molecule has 0 aliphatic carbocycles. The van der Waals surface area contributed by atoms with Gasteiger partial charge in [0.25, 0.3) is 0 Å². The Balaban J connectivity index is 4.67. The van der Waals surface area contributed by atoms with E-state index in [4.69, 9.17) is 9.47 Å². The minimum atomic E-state index is 0.0633. The molecule has 0 spiro atoms. The summed E-state index contributed by atoms with van der Waals surface area (Å²) < 4.78 is 12.5. The maximum atomic E-state index is 6.46. The second-order valence-electron chi connectivity index (χ2n) is 7.86. The number of hydrogen-bond donors (Lipinski definition) is 0. The molecule has 26 heavy (non-hydrogen) atoms. The van der Waals surface area contributed by atoms with Crippen LogP contribution in [0.1, 0.15) is 112 Å². The van der Waals surface area contributed by atoms with Gasteiger partial charge in [-0.2, -0.15) is 0 Å². The molecule has 0 aliphatic heterocycles. The van der Waals surface area contributed by atoms with Crippen molar-refractivity contribution < 1.29 is 9.47 Å². The van der Waals surface area contributed by atoms with Crippen molar-refractivity contribution in [2.45, 2.75) is 118 Å².